The van der Waals surface area contributed by atoms with E-state index in [0.717, 1.165) is 31.1 Å². The van der Waals surface area contributed by atoms with E-state index in [1.807, 2.05) is 6.92 Å². The van der Waals surface area contributed by atoms with Gasteiger partial charge in [0.1, 0.15) is 6.10 Å². The largest absolute Gasteiger partial charge is 0.444 e. The van der Waals surface area contributed by atoms with Crippen molar-refractivity contribution >= 4 is 6.09 Å². The van der Waals surface area contributed by atoms with Gasteiger partial charge in [0.05, 0.1) is 6.04 Å². The standard InChI is InChI=1S/C19H29NO2/c1-3-4-6-14-9-10-15-7-5-8-16(15)17(14)11-12-18-13(2)20-19(21)22-18/h4,6,9-10,13-18H,3,5,7-8,11-12H2,1-2H3,(H,20,21)/b6-4+/t13-,14+,15-,16+,17+,18+/m0/s1. The molecule has 1 saturated heterocycles. The number of carbonyl (C=O) groups is 1. The van der Waals surface area contributed by atoms with E-state index in [2.05, 4.69) is 36.5 Å². The molecular weight excluding hydrogens is 274 g/mol. The summed E-state index contributed by atoms with van der Waals surface area (Å²) in [4.78, 5) is 11.3. The molecule has 122 valence electrons. The minimum absolute atomic E-state index is 0.0501. The molecule has 3 aliphatic rings. The van der Waals surface area contributed by atoms with Gasteiger partial charge in [-0.2, -0.15) is 0 Å². The molecular formula is C19H29NO2. The normalized spacial score (nSPS) is 40.7. The molecule has 2 fully saturated rings. The van der Waals surface area contributed by atoms with Gasteiger partial charge in [0, 0.05) is 0 Å². The van der Waals surface area contributed by atoms with E-state index in [0.29, 0.717) is 11.8 Å². The van der Waals surface area contributed by atoms with Gasteiger partial charge in [-0.05, 0) is 62.7 Å². The molecule has 0 bridgehead atoms. The van der Waals surface area contributed by atoms with Crippen LogP contribution in [-0.2, 0) is 4.74 Å². The third-order valence-corrected chi connectivity index (χ3v) is 5.79. The first-order chi connectivity index (χ1) is 10.7. The van der Waals surface area contributed by atoms with Crippen LogP contribution in [0.2, 0.25) is 0 Å². The summed E-state index contributed by atoms with van der Waals surface area (Å²) in [5.41, 5.74) is 0. The Balaban J connectivity index is 1.66. The molecule has 3 rings (SSSR count). The minimum atomic E-state index is -0.248. The monoisotopic (exact) mass is 303 g/mol. The van der Waals surface area contributed by atoms with Gasteiger partial charge < -0.3 is 10.1 Å². The first-order valence-corrected chi connectivity index (χ1v) is 9.01. The molecule has 22 heavy (non-hydrogen) atoms. The summed E-state index contributed by atoms with van der Waals surface area (Å²) in [6.07, 6.45) is 16.8. The number of nitrogens with one attached hydrogen (secondary N) is 1. The number of hydrogen-bond acceptors (Lipinski definition) is 2. The lowest BCUT2D eigenvalue weighted by Gasteiger charge is -2.36. The van der Waals surface area contributed by atoms with Crippen molar-refractivity contribution in [3.05, 3.63) is 24.3 Å². The summed E-state index contributed by atoms with van der Waals surface area (Å²) in [5.74, 6) is 2.90. The SMILES string of the molecule is CC/C=C/[C@@H]1C=C[C@@H]2CCC[C@H]2[C@@H]1CC[C@H]1OC(=O)N[C@H]1C. The maximum atomic E-state index is 11.3. The van der Waals surface area contributed by atoms with Crippen LogP contribution < -0.4 is 5.32 Å². The van der Waals surface area contributed by atoms with E-state index in [-0.39, 0.29) is 18.2 Å². The third-order valence-electron chi connectivity index (χ3n) is 5.79. The maximum Gasteiger partial charge on any atom is 0.407 e. The molecule has 1 aliphatic heterocycles. The number of hydrogen-bond donors (Lipinski definition) is 1. The Morgan fingerprint density at radius 3 is 2.91 bits per heavy atom. The molecule has 0 spiro atoms. The zero-order valence-corrected chi connectivity index (χ0v) is 13.8. The summed E-state index contributed by atoms with van der Waals surface area (Å²) in [7, 11) is 0. The van der Waals surface area contributed by atoms with Gasteiger partial charge in [0.15, 0.2) is 0 Å². The molecule has 0 aromatic rings. The molecule has 2 aliphatic carbocycles. The highest BCUT2D eigenvalue weighted by atomic mass is 16.6. The Morgan fingerprint density at radius 2 is 2.18 bits per heavy atom. The van der Waals surface area contributed by atoms with Crippen LogP contribution in [0.15, 0.2) is 24.3 Å². The number of rotatable bonds is 5. The minimum Gasteiger partial charge on any atom is -0.444 e. The summed E-state index contributed by atoms with van der Waals surface area (Å²) in [5, 5.41) is 2.86. The third kappa shape index (κ3) is 3.23. The average molecular weight is 303 g/mol. The highest BCUT2D eigenvalue weighted by Gasteiger charge is 2.39. The lowest BCUT2D eigenvalue weighted by Crippen LogP contribution is -2.31. The van der Waals surface area contributed by atoms with Crippen LogP contribution in [0.25, 0.3) is 0 Å². The molecule has 1 amide bonds. The Kier molecular flexibility index (Phi) is 4.90. The second-order valence-corrected chi connectivity index (χ2v) is 7.18. The van der Waals surface area contributed by atoms with E-state index in [1.165, 1.54) is 19.3 Å². The summed E-state index contributed by atoms with van der Waals surface area (Å²) in [6.45, 7) is 4.24. The number of carbonyl (C=O) groups excluding carboxylic acids is 1. The topological polar surface area (TPSA) is 38.3 Å². The lowest BCUT2D eigenvalue weighted by atomic mass is 9.69. The van der Waals surface area contributed by atoms with Crippen LogP contribution in [0.3, 0.4) is 0 Å². The average Bonchev–Trinajstić information content (AvgIpc) is 3.09. The number of alkyl carbamates (subject to hydrolysis) is 1. The van der Waals surface area contributed by atoms with E-state index in [9.17, 15) is 4.79 Å². The number of ether oxygens (including phenoxy) is 1. The van der Waals surface area contributed by atoms with Crippen molar-refractivity contribution in [2.45, 2.75) is 64.5 Å². The van der Waals surface area contributed by atoms with Crippen molar-refractivity contribution in [3.63, 3.8) is 0 Å². The molecule has 3 heteroatoms. The molecule has 0 aromatic heterocycles. The first-order valence-electron chi connectivity index (χ1n) is 9.01. The summed E-state index contributed by atoms with van der Waals surface area (Å²) >= 11 is 0. The molecule has 1 N–H and O–H groups in total. The fourth-order valence-electron chi connectivity index (χ4n) is 4.61. The fraction of sp³-hybridized carbons (Fsp3) is 0.737. The van der Waals surface area contributed by atoms with Gasteiger partial charge in [0.2, 0.25) is 0 Å². The molecule has 6 atom stereocenters. The lowest BCUT2D eigenvalue weighted by molar-refractivity contribution is 0.113. The molecule has 0 aromatic carbocycles. The number of amides is 1. The summed E-state index contributed by atoms with van der Waals surface area (Å²) < 4.78 is 5.41. The van der Waals surface area contributed by atoms with Crippen molar-refractivity contribution in [2.75, 3.05) is 0 Å². The van der Waals surface area contributed by atoms with Crippen LogP contribution in [0.5, 0.6) is 0 Å². The quantitative estimate of drug-likeness (QED) is 0.762. The highest BCUT2D eigenvalue weighted by molar-refractivity contribution is 5.70. The van der Waals surface area contributed by atoms with Crippen molar-refractivity contribution in [1.82, 2.24) is 5.32 Å². The van der Waals surface area contributed by atoms with E-state index < -0.39 is 0 Å². The van der Waals surface area contributed by atoms with E-state index in [1.54, 1.807) is 0 Å². The number of fused-ring (bicyclic) bond motifs is 1. The van der Waals surface area contributed by atoms with Crippen molar-refractivity contribution in [2.24, 2.45) is 23.7 Å². The van der Waals surface area contributed by atoms with E-state index >= 15 is 0 Å². The van der Waals surface area contributed by atoms with Crippen molar-refractivity contribution in [3.8, 4) is 0 Å². The van der Waals surface area contributed by atoms with Crippen LogP contribution in [-0.4, -0.2) is 18.2 Å². The molecule has 1 heterocycles. The smallest absolute Gasteiger partial charge is 0.407 e. The second-order valence-electron chi connectivity index (χ2n) is 7.18. The molecule has 1 saturated carbocycles. The van der Waals surface area contributed by atoms with Crippen LogP contribution in [0.4, 0.5) is 4.79 Å². The van der Waals surface area contributed by atoms with Gasteiger partial charge in [-0.25, -0.2) is 4.79 Å². The maximum absolute atomic E-state index is 11.3. The Hall–Kier alpha value is -1.25. The van der Waals surface area contributed by atoms with Crippen LogP contribution in [0.1, 0.15) is 52.4 Å². The highest BCUT2D eigenvalue weighted by Crippen LogP contribution is 2.47. The van der Waals surface area contributed by atoms with Gasteiger partial charge in [-0.15, -0.1) is 0 Å². The van der Waals surface area contributed by atoms with Gasteiger partial charge in [-0.3, -0.25) is 0 Å². The molecule has 0 unspecified atom stereocenters. The Morgan fingerprint density at radius 1 is 1.32 bits per heavy atom. The second kappa shape index (κ2) is 6.89. The molecule has 0 radical (unpaired) electrons. The van der Waals surface area contributed by atoms with Gasteiger partial charge in [-0.1, -0.05) is 37.6 Å². The Bertz CT molecular complexity index is 456. The predicted molar refractivity (Wildman–Crippen MR) is 88.5 cm³/mol. The summed E-state index contributed by atoms with van der Waals surface area (Å²) in [6, 6.07) is 0.149. The van der Waals surface area contributed by atoms with Crippen molar-refractivity contribution in [1.29, 1.82) is 0 Å². The van der Waals surface area contributed by atoms with Crippen molar-refractivity contribution < 1.29 is 9.53 Å². The van der Waals surface area contributed by atoms with E-state index in [4.69, 9.17) is 4.74 Å². The van der Waals surface area contributed by atoms with Gasteiger partial charge in [0.25, 0.3) is 0 Å². The molecule has 3 nitrogen and oxygen atoms in total. The zero-order valence-electron chi connectivity index (χ0n) is 13.8. The fourth-order valence-corrected chi connectivity index (χ4v) is 4.61. The number of allylic oxidation sites excluding steroid dienone is 4. The van der Waals surface area contributed by atoms with Crippen LogP contribution in [0, 0.1) is 23.7 Å². The van der Waals surface area contributed by atoms with Crippen LogP contribution >= 0.6 is 0 Å². The number of cyclic esters (lactones) is 1. The Labute approximate surface area is 134 Å². The first kappa shape index (κ1) is 15.6. The zero-order chi connectivity index (χ0) is 15.5. The predicted octanol–water partition coefficient (Wildman–Crippen LogP) is 4.45. The van der Waals surface area contributed by atoms with Gasteiger partial charge >= 0.3 is 6.09 Å².